The Balaban J connectivity index is 2.83. The van der Waals surface area contributed by atoms with Crippen LogP contribution in [0.15, 0.2) is 23.1 Å². The van der Waals surface area contributed by atoms with E-state index in [9.17, 15) is 13.2 Å². The lowest BCUT2D eigenvalue weighted by Gasteiger charge is -2.10. The number of nitrogens with two attached hydrogens (primary N) is 1. The smallest absolute Gasteiger partial charge is 0.339 e. The minimum Gasteiger partial charge on any atom is -0.493 e. The summed E-state index contributed by atoms with van der Waals surface area (Å²) in [4.78, 5) is 10.8. The minimum atomic E-state index is -3.94. The molecule has 1 aromatic rings. The Kier molecular flexibility index (Phi) is 5.93. The molecule has 0 spiro atoms. The van der Waals surface area contributed by atoms with Crippen LogP contribution in [0.2, 0.25) is 0 Å². The summed E-state index contributed by atoms with van der Waals surface area (Å²) >= 11 is 0. The van der Waals surface area contributed by atoms with E-state index >= 15 is 0 Å². The Bertz CT molecular complexity index is 569. The number of sulfonamides is 1. The van der Waals surface area contributed by atoms with Crippen LogP contribution in [-0.2, 0) is 14.8 Å². The van der Waals surface area contributed by atoms with E-state index in [1.165, 1.54) is 12.1 Å². The Hall–Kier alpha value is -1.64. The van der Waals surface area contributed by atoms with Crippen LogP contribution in [0.4, 0.5) is 0 Å². The van der Waals surface area contributed by atoms with E-state index in [4.69, 9.17) is 19.7 Å². The van der Waals surface area contributed by atoms with Crippen molar-refractivity contribution >= 4 is 16.0 Å². The van der Waals surface area contributed by atoms with Crippen LogP contribution in [0, 0.1) is 0 Å². The van der Waals surface area contributed by atoms with Crippen LogP contribution >= 0.6 is 0 Å². The number of methoxy groups -OCH3 is 1. The molecule has 0 aliphatic carbocycles. The van der Waals surface area contributed by atoms with Gasteiger partial charge in [0.1, 0.15) is 11.3 Å². The van der Waals surface area contributed by atoms with Crippen LogP contribution in [-0.4, -0.2) is 39.8 Å². The summed E-state index contributed by atoms with van der Waals surface area (Å²) < 4.78 is 32.6. The summed E-state index contributed by atoms with van der Waals surface area (Å²) in [6, 6.07) is 3.49. The second-order valence-corrected chi connectivity index (χ2v) is 5.62. The van der Waals surface area contributed by atoms with Gasteiger partial charge < -0.3 is 14.6 Å². The SMILES string of the molecule is COCCCCOc1ccc(S(N)(=O)=O)cc1C(=O)O. The Labute approximate surface area is 117 Å². The van der Waals surface area contributed by atoms with Gasteiger partial charge in [-0.15, -0.1) is 0 Å². The van der Waals surface area contributed by atoms with Crippen molar-refractivity contribution in [2.24, 2.45) is 5.14 Å². The second-order valence-electron chi connectivity index (χ2n) is 4.06. The Morgan fingerprint density at radius 2 is 1.95 bits per heavy atom. The predicted octanol–water partition coefficient (Wildman–Crippen LogP) is 0.838. The summed E-state index contributed by atoms with van der Waals surface area (Å²) in [6.45, 7) is 0.915. The molecular weight excluding hydrogens is 286 g/mol. The maximum absolute atomic E-state index is 11.2. The zero-order chi connectivity index (χ0) is 15.2. The van der Waals surface area contributed by atoms with Gasteiger partial charge in [-0.3, -0.25) is 0 Å². The molecule has 0 saturated heterocycles. The lowest BCUT2D eigenvalue weighted by atomic mass is 10.2. The zero-order valence-corrected chi connectivity index (χ0v) is 11.9. The lowest BCUT2D eigenvalue weighted by molar-refractivity contribution is 0.0691. The lowest BCUT2D eigenvalue weighted by Crippen LogP contribution is -2.14. The molecule has 0 bridgehead atoms. The molecule has 0 aliphatic heterocycles. The number of hydrogen-bond acceptors (Lipinski definition) is 5. The first-order chi connectivity index (χ1) is 9.36. The summed E-state index contributed by atoms with van der Waals surface area (Å²) in [5.74, 6) is -1.16. The van der Waals surface area contributed by atoms with Crippen LogP contribution < -0.4 is 9.88 Å². The number of unbranched alkanes of at least 4 members (excludes halogenated alkanes) is 1. The van der Waals surface area contributed by atoms with Crippen LogP contribution in [0.25, 0.3) is 0 Å². The molecule has 8 heteroatoms. The number of carboxylic acid groups (broad SMARTS) is 1. The summed E-state index contributed by atoms with van der Waals surface area (Å²) in [6.07, 6.45) is 1.48. The standard InChI is InChI=1S/C12H17NO6S/c1-18-6-2-3-7-19-11-5-4-9(20(13,16)17)8-10(11)12(14)15/h4-5,8H,2-3,6-7H2,1H3,(H,14,15)(H2,13,16,17). The summed E-state index contributed by atoms with van der Waals surface area (Å²) in [5.41, 5.74) is -0.233. The monoisotopic (exact) mass is 303 g/mol. The summed E-state index contributed by atoms with van der Waals surface area (Å²) in [5, 5.41) is 14.0. The molecule has 1 aromatic carbocycles. The van der Waals surface area contributed by atoms with Crippen LogP contribution in [0.5, 0.6) is 5.75 Å². The number of carboxylic acids is 1. The first-order valence-corrected chi connectivity index (χ1v) is 7.42. The van der Waals surface area contributed by atoms with E-state index in [1.807, 2.05) is 0 Å². The minimum absolute atomic E-state index is 0.113. The summed E-state index contributed by atoms with van der Waals surface area (Å²) in [7, 11) is -2.35. The Morgan fingerprint density at radius 3 is 2.50 bits per heavy atom. The topological polar surface area (TPSA) is 116 Å². The quantitative estimate of drug-likeness (QED) is 0.687. The predicted molar refractivity (Wildman–Crippen MR) is 71.4 cm³/mol. The number of benzene rings is 1. The van der Waals surface area contributed by atoms with E-state index in [0.29, 0.717) is 19.6 Å². The van der Waals surface area contributed by atoms with Gasteiger partial charge in [0.2, 0.25) is 10.0 Å². The van der Waals surface area contributed by atoms with Gasteiger partial charge in [0.25, 0.3) is 0 Å². The van der Waals surface area contributed by atoms with Crippen LogP contribution in [0.1, 0.15) is 23.2 Å². The highest BCUT2D eigenvalue weighted by Crippen LogP contribution is 2.22. The van der Waals surface area contributed by atoms with Gasteiger partial charge in [-0.25, -0.2) is 18.4 Å². The molecule has 0 aliphatic rings. The third-order valence-corrected chi connectivity index (χ3v) is 3.42. The fourth-order valence-electron chi connectivity index (χ4n) is 1.51. The van der Waals surface area contributed by atoms with Gasteiger partial charge in [0.15, 0.2) is 0 Å². The first kappa shape index (κ1) is 16.4. The average molecular weight is 303 g/mol. The first-order valence-electron chi connectivity index (χ1n) is 5.88. The molecule has 7 nitrogen and oxygen atoms in total. The van der Waals surface area contributed by atoms with Crippen molar-refractivity contribution < 1.29 is 27.8 Å². The number of aromatic carboxylic acids is 1. The Morgan fingerprint density at radius 1 is 1.30 bits per heavy atom. The second kappa shape index (κ2) is 7.22. The zero-order valence-electron chi connectivity index (χ0n) is 11.0. The fraction of sp³-hybridized carbons (Fsp3) is 0.417. The van der Waals surface area contributed by atoms with Crippen molar-refractivity contribution in [3.63, 3.8) is 0 Å². The molecule has 20 heavy (non-hydrogen) atoms. The van der Waals surface area contributed by atoms with E-state index in [2.05, 4.69) is 0 Å². The van der Waals surface area contributed by atoms with Crippen molar-refractivity contribution in [3.8, 4) is 5.75 Å². The molecule has 1 rings (SSSR count). The highest BCUT2D eigenvalue weighted by atomic mass is 32.2. The number of carbonyl (C=O) groups is 1. The van der Waals surface area contributed by atoms with Gasteiger partial charge in [0, 0.05) is 13.7 Å². The molecule has 0 aromatic heterocycles. The molecular formula is C12H17NO6S. The molecule has 0 heterocycles. The van der Waals surface area contributed by atoms with Gasteiger partial charge >= 0.3 is 5.97 Å². The highest BCUT2D eigenvalue weighted by Gasteiger charge is 2.16. The maximum atomic E-state index is 11.2. The van der Waals surface area contributed by atoms with Crippen LogP contribution in [0.3, 0.4) is 0 Å². The number of hydrogen-bond donors (Lipinski definition) is 2. The largest absolute Gasteiger partial charge is 0.493 e. The number of primary sulfonamides is 1. The van der Waals surface area contributed by atoms with Crippen molar-refractivity contribution in [1.82, 2.24) is 0 Å². The molecule has 0 fully saturated rings. The van der Waals surface area contributed by atoms with Gasteiger partial charge in [-0.1, -0.05) is 0 Å². The van der Waals surface area contributed by atoms with Gasteiger partial charge in [-0.05, 0) is 31.0 Å². The maximum Gasteiger partial charge on any atom is 0.339 e. The van der Waals surface area contributed by atoms with Crippen molar-refractivity contribution in [2.45, 2.75) is 17.7 Å². The molecule has 3 N–H and O–H groups in total. The number of rotatable bonds is 8. The normalized spacial score (nSPS) is 11.3. The van der Waals surface area contributed by atoms with Crippen molar-refractivity contribution in [1.29, 1.82) is 0 Å². The van der Waals surface area contributed by atoms with Gasteiger partial charge in [-0.2, -0.15) is 0 Å². The molecule has 0 atom stereocenters. The fourth-order valence-corrected chi connectivity index (χ4v) is 2.05. The van der Waals surface area contributed by atoms with E-state index in [1.54, 1.807) is 7.11 Å². The van der Waals surface area contributed by atoms with Gasteiger partial charge in [0.05, 0.1) is 11.5 Å². The molecule has 0 saturated carbocycles. The molecule has 112 valence electrons. The molecule has 0 amide bonds. The van der Waals surface area contributed by atoms with Crippen molar-refractivity contribution in [3.05, 3.63) is 23.8 Å². The molecule has 0 radical (unpaired) electrons. The van der Waals surface area contributed by atoms with Crippen molar-refractivity contribution in [2.75, 3.05) is 20.3 Å². The van der Waals surface area contributed by atoms with E-state index in [0.717, 1.165) is 12.5 Å². The third kappa shape index (κ3) is 4.80. The van der Waals surface area contributed by atoms with E-state index < -0.39 is 16.0 Å². The molecule has 0 unspecified atom stereocenters. The highest BCUT2D eigenvalue weighted by molar-refractivity contribution is 7.89. The third-order valence-electron chi connectivity index (χ3n) is 2.51. The van der Waals surface area contributed by atoms with E-state index in [-0.39, 0.29) is 16.2 Å². The average Bonchev–Trinajstić information content (AvgIpc) is 2.37. The number of ether oxygens (including phenoxy) is 2.